The van der Waals surface area contributed by atoms with E-state index in [-0.39, 0.29) is 0 Å². The van der Waals surface area contributed by atoms with Crippen LogP contribution in [0.4, 0.5) is 10.5 Å². The number of nitrogens with zero attached hydrogens (tertiary/aromatic N) is 7. The number of H-pyrrole nitrogens is 1. The normalized spacial score (nSPS) is 16.0. The lowest BCUT2D eigenvalue weighted by Crippen LogP contribution is -2.42. The summed E-state index contributed by atoms with van der Waals surface area (Å²) < 4.78 is 7.95. The molecule has 12 nitrogen and oxygen atoms in total. The van der Waals surface area contributed by atoms with Crippen LogP contribution in [-0.2, 0) is 16.6 Å². The third-order valence-electron chi connectivity index (χ3n) is 7.85. The summed E-state index contributed by atoms with van der Waals surface area (Å²) >= 11 is 6.36. The van der Waals surface area contributed by atoms with Crippen LogP contribution in [0.2, 0.25) is 5.02 Å². The lowest BCUT2D eigenvalue weighted by Gasteiger charge is -2.26. The Hall–Kier alpha value is -4.81. The summed E-state index contributed by atoms with van der Waals surface area (Å²) in [6.07, 6.45) is 5.72. The third-order valence-corrected chi connectivity index (χ3v) is 8.09. The highest BCUT2D eigenvalue weighted by Crippen LogP contribution is 2.45. The first-order chi connectivity index (χ1) is 20.3. The smallest absolute Gasteiger partial charge is 0.411 e. The summed E-state index contributed by atoms with van der Waals surface area (Å²) in [6.45, 7) is 0.436. The number of aromatic amines is 1. The van der Waals surface area contributed by atoms with Gasteiger partial charge >= 0.3 is 6.09 Å². The van der Waals surface area contributed by atoms with E-state index in [9.17, 15) is 15.1 Å². The number of carbonyl (C=O) groups is 1. The van der Waals surface area contributed by atoms with Crippen LogP contribution >= 0.6 is 11.6 Å². The van der Waals surface area contributed by atoms with Gasteiger partial charge in [0.25, 0.3) is 0 Å². The number of hydrogen-bond acceptors (Lipinski definition) is 7. The van der Waals surface area contributed by atoms with Crippen molar-refractivity contribution in [2.24, 2.45) is 0 Å². The number of anilines is 1. The minimum absolute atomic E-state index is 0.436. The average molecular weight is 587 g/mol. The lowest BCUT2D eigenvalue weighted by atomic mass is 9.80. The number of methoxy groups -OCH3 is 1. The maximum atomic E-state index is 13.9. The second-order valence-corrected chi connectivity index (χ2v) is 10.6. The molecule has 0 aliphatic heterocycles. The Morgan fingerprint density at radius 3 is 2.76 bits per heavy atom. The molecule has 42 heavy (non-hydrogen) atoms. The van der Waals surface area contributed by atoms with Crippen molar-refractivity contribution in [3.8, 4) is 28.1 Å². The summed E-state index contributed by atoms with van der Waals surface area (Å²) in [5, 5.41) is 35.2. The van der Waals surface area contributed by atoms with Gasteiger partial charge in [0, 0.05) is 59.9 Å². The van der Waals surface area contributed by atoms with Crippen LogP contribution in [0.15, 0.2) is 67.3 Å². The zero-order valence-electron chi connectivity index (χ0n) is 22.9. The molecule has 0 fully saturated rings. The van der Waals surface area contributed by atoms with Gasteiger partial charge in [-0.05, 0) is 66.1 Å². The number of pyridine rings is 1. The number of halogens is 1. The van der Waals surface area contributed by atoms with Crippen LogP contribution in [0.1, 0.15) is 29.9 Å². The van der Waals surface area contributed by atoms with Crippen LogP contribution in [-0.4, -0.2) is 62.1 Å². The Morgan fingerprint density at radius 1 is 1.24 bits per heavy atom. The van der Waals surface area contributed by atoms with Crippen LogP contribution in [0.25, 0.3) is 28.1 Å². The van der Waals surface area contributed by atoms with Crippen LogP contribution < -0.4 is 9.63 Å². The van der Waals surface area contributed by atoms with Gasteiger partial charge in [0.05, 0.1) is 11.4 Å². The quantitative estimate of drug-likeness (QED) is 0.201. The Bertz CT molecular complexity index is 1760. The Morgan fingerprint density at radius 2 is 2.05 bits per heavy atom. The standard InChI is InChI=1S/C29H27ClN8O4/c1-36(28(39)40)22-6-3-18(4-7-22)24-15-31-27(33-24)29(11-12-42-2)10-9-19-13-20(16-38(41)26(19)29)23-14-21(30)5-8-25(23)37-17-32-34-35-37/h3-8,13-17H,9-12H2,1-2H3,(H,31,33)(H,39,40). The third kappa shape index (κ3) is 4.74. The zero-order chi connectivity index (χ0) is 29.4. The average Bonchev–Trinajstić information content (AvgIpc) is 3.77. The minimum Gasteiger partial charge on any atom is -0.618 e. The van der Waals surface area contributed by atoms with E-state index in [1.165, 1.54) is 18.1 Å². The highest BCUT2D eigenvalue weighted by Gasteiger charge is 2.49. The second-order valence-electron chi connectivity index (χ2n) is 10.2. The Balaban J connectivity index is 1.40. The lowest BCUT2D eigenvalue weighted by molar-refractivity contribution is -0.617. The molecule has 1 amide bonds. The molecule has 1 aliphatic carbocycles. The Kier molecular flexibility index (Phi) is 7.09. The summed E-state index contributed by atoms with van der Waals surface area (Å²) in [5.41, 5.74) is 5.05. The summed E-state index contributed by atoms with van der Waals surface area (Å²) in [4.78, 5) is 20.7. The number of carboxylic acid groups (broad SMARTS) is 1. The van der Waals surface area contributed by atoms with E-state index < -0.39 is 11.5 Å². The molecule has 3 heterocycles. The number of imidazole rings is 1. The first kappa shape index (κ1) is 27.4. The molecule has 1 atom stereocenters. The number of hydrogen-bond donors (Lipinski definition) is 2. The Labute approximate surface area is 245 Å². The topological polar surface area (TPSA) is 149 Å². The van der Waals surface area contributed by atoms with E-state index in [1.807, 2.05) is 30.5 Å². The number of amides is 1. The number of aromatic nitrogens is 7. The van der Waals surface area contributed by atoms with Crippen LogP contribution in [0.5, 0.6) is 0 Å². The molecule has 5 aromatic rings. The number of nitrogens with one attached hydrogen (secondary N) is 1. The first-order valence-corrected chi connectivity index (χ1v) is 13.6. The highest BCUT2D eigenvalue weighted by atomic mass is 35.5. The molecule has 0 bridgehead atoms. The van der Waals surface area contributed by atoms with Crippen molar-refractivity contribution in [2.45, 2.75) is 24.7 Å². The molecule has 0 saturated heterocycles. The molecule has 1 unspecified atom stereocenters. The molecule has 0 saturated carbocycles. The van der Waals surface area contributed by atoms with Gasteiger partial charge < -0.3 is 20.0 Å². The summed E-state index contributed by atoms with van der Waals surface area (Å²) in [5.74, 6) is 0.675. The number of aryl methyl sites for hydroxylation is 1. The monoisotopic (exact) mass is 586 g/mol. The van der Waals surface area contributed by atoms with Crippen molar-refractivity contribution in [2.75, 3.05) is 25.7 Å². The fraction of sp³-hybridized carbons (Fsp3) is 0.241. The van der Waals surface area contributed by atoms with Gasteiger partial charge in [0.15, 0.2) is 6.20 Å². The van der Waals surface area contributed by atoms with E-state index in [1.54, 1.807) is 37.6 Å². The van der Waals surface area contributed by atoms with E-state index in [0.29, 0.717) is 65.0 Å². The van der Waals surface area contributed by atoms with Crippen molar-refractivity contribution < 1.29 is 19.4 Å². The number of fused-ring (bicyclic) bond motifs is 1. The van der Waals surface area contributed by atoms with Gasteiger partial charge in [-0.15, -0.1) is 5.10 Å². The fourth-order valence-electron chi connectivity index (χ4n) is 5.71. The molecular formula is C29H27ClN8O4. The van der Waals surface area contributed by atoms with E-state index >= 15 is 0 Å². The molecule has 13 heteroatoms. The zero-order valence-corrected chi connectivity index (χ0v) is 23.6. The van der Waals surface area contributed by atoms with Gasteiger partial charge in [-0.3, -0.25) is 4.90 Å². The predicted octanol–water partition coefficient (Wildman–Crippen LogP) is 4.39. The van der Waals surface area contributed by atoms with Crippen molar-refractivity contribution >= 4 is 23.4 Å². The molecule has 2 aromatic carbocycles. The number of rotatable bonds is 8. The fourth-order valence-corrected chi connectivity index (χ4v) is 5.88. The maximum Gasteiger partial charge on any atom is 0.411 e. The first-order valence-electron chi connectivity index (χ1n) is 13.2. The van der Waals surface area contributed by atoms with Gasteiger partial charge in [0.1, 0.15) is 17.6 Å². The molecule has 3 aromatic heterocycles. The van der Waals surface area contributed by atoms with Crippen molar-refractivity contribution in [1.29, 1.82) is 0 Å². The SMILES string of the molecule is COCCC1(c2nc(-c3ccc(N(C)C(=O)O)cc3)c[nH]2)CCc2cc(-c3cc(Cl)ccc3-n3cnnn3)c[n+]([O-])c21. The molecule has 1 aliphatic rings. The largest absolute Gasteiger partial charge is 0.618 e. The molecule has 0 spiro atoms. The van der Waals surface area contributed by atoms with Gasteiger partial charge in [-0.2, -0.15) is 9.41 Å². The van der Waals surface area contributed by atoms with E-state index in [2.05, 4.69) is 20.5 Å². The minimum atomic E-state index is -1.04. The summed E-state index contributed by atoms with van der Waals surface area (Å²) in [6, 6.07) is 14.5. The molecule has 2 N–H and O–H groups in total. The number of tetrazole rings is 1. The van der Waals surface area contributed by atoms with Crippen molar-refractivity contribution in [3.05, 3.63) is 94.6 Å². The molecule has 214 valence electrons. The molecule has 0 radical (unpaired) electrons. The van der Waals surface area contributed by atoms with Crippen LogP contribution in [0.3, 0.4) is 0 Å². The second kappa shape index (κ2) is 10.9. The highest BCUT2D eigenvalue weighted by molar-refractivity contribution is 6.31. The van der Waals surface area contributed by atoms with E-state index in [0.717, 1.165) is 26.3 Å². The maximum absolute atomic E-state index is 13.9. The van der Waals surface area contributed by atoms with E-state index in [4.69, 9.17) is 21.3 Å². The van der Waals surface area contributed by atoms with Gasteiger partial charge in [-0.25, -0.2) is 9.78 Å². The van der Waals surface area contributed by atoms with Crippen LogP contribution in [0, 0.1) is 5.21 Å². The number of ether oxygens (including phenoxy) is 1. The predicted molar refractivity (Wildman–Crippen MR) is 155 cm³/mol. The van der Waals surface area contributed by atoms with Gasteiger partial charge in [0.2, 0.25) is 5.69 Å². The van der Waals surface area contributed by atoms with Crippen molar-refractivity contribution in [3.63, 3.8) is 0 Å². The number of benzene rings is 2. The van der Waals surface area contributed by atoms with Gasteiger partial charge in [-0.1, -0.05) is 23.7 Å². The summed E-state index contributed by atoms with van der Waals surface area (Å²) in [7, 11) is 3.13. The van der Waals surface area contributed by atoms with Crippen molar-refractivity contribution in [1.82, 2.24) is 30.2 Å². The molecule has 6 rings (SSSR count). The molecular weight excluding hydrogens is 560 g/mol.